The van der Waals surface area contributed by atoms with Crippen LogP contribution in [0.25, 0.3) is 10.2 Å². The number of anilines is 1. The molecule has 10 heteroatoms. The van der Waals surface area contributed by atoms with E-state index in [1.54, 1.807) is 15.9 Å². The highest BCUT2D eigenvalue weighted by molar-refractivity contribution is 7.99. The molecule has 0 bridgehead atoms. The summed E-state index contributed by atoms with van der Waals surface area (Å²) in [6.07, 6.45) is 6.98. The van der Waals surface area contributed by atoms with E-state index in [0.29, 0.717) is 22.3 Å². The van der Waals surface area contributed by atoms with Crippen molar-refractivity contribution < 1.29 is 9.59 Å². The quantitative estimate of drug-likeness (QED) is 0.406. The Labute approximate surface area is 197 Å². The maximum absolute atomic E-state index is 13.2. The summed E-state index contributed by atoms with van der Waals surface area (Å²) in [4.78, 5) is 45.8. The fourth-order valence-corrected chi connectivity index (χ4v) is 8.13. The summed E-state index contributed by atoms with van der Waals surface area (Å²) in [7, 11) is 0. The standard InChI is InChI=1S/C22H24N4O3S3/c1-2-26-21(29)17-12-6-3-4-8-13(12)32-20(17)25-22(26)30-10-15(27)24-19-16(18(23)28)11-7-5-9-14(11)31-19/h2-10H2,1H3,(H2,23,28)(H,24,27). The lowest BCUT2D eigenvalue weighted by Crippen LogP contribution is -2.24. The molecule has 3 heterocycles. The number of amides is 2. The highest BCUT2D eigenvalue weighted by atomic mass is 32.2. The Bertz CT molecular complexity index is 1300. The summed E-state index contributed by atoms with van der Waals surface area (Å²) < 4.78 is 1.66. The van der Waals surface area contributed by atoms with Crippen LogP contribution in [0.4, 0.5) is 5.00 Å². The molecule has 3 N–H and O–H groups in total. The second kappa shape index (κ2) is 8.64. The lowest BCUT2D eigenvalue weighted by Gasteiger charge is -2.12. The molecule has 2 aliphatic rings. The molecule has 168 valence electrons. The molecule has 0 fully saturated rings. The Morgan fingerprint density at radius 1 is 1.09 bits per heavy atom. The fourth-order valence-electron chi connectivity index (χ4n) is 4.65. The number of thiophene rings is 2. The van der Waals surface area contributed by atoms with E-state index in [1.165, 1.54) is 33.5 Å². The lowest BCUT2D eigenvalue weighted by atomic mass is 9.97. The maximum atomic E-state index is 13.2. The first kappa shape index (κ1) is 21.7. The third kappa shape index (κ3) is 3.68. The predicted molar refractivity (Wildman–Crippen MR) is 130 cm³/mol. The van der Waals surface area contributed by atoms with E-state index in [0.717, 1.165) is 65.6 Å². The second-order valence-corrected chi connectivity index (χ2v) is 11.2. The number of aromatic nitrogens is 2. The van der Waals surface area contributed by atoms with Crippen molar-refractivity contribution in [2.75, 3.05) is 11.1 Å². The van der Waals surface area contributed by atoms with Crippen LogP contribution in [0.2, 0.25) is 0 Å². The van der Waals surface area contributed by atoms with Gasteiger partial charge in [0.05, 0.1) is 16.7 Å². The average Bonchev–Trinajstić information content (AvgIpc) is 3.44. The Hall–Kier alpha value is -2.17. The van der Waals surface area contributed by atoms with Crippen molar-refractivity contribution in [2.45, 2.75) is 63.6 Å². The van der Waals surface area contributed by atoms with Gasteiger partial charge in [-0.3, -0.25) is 19.0 Å². The van der Waals surface area contributed by atoms with Crippen molar-refractivity contribution >= 4 is 61.5 Å². The predicted octanol–water partition coefficient (Wildman–Crippen LogP) is 3.74. The zero-order valence-electron chi connectivity index (χ0n) is 17.8. The third-order valence-corrected chi connectivity index (χ3v) is 9.48. The molecule has 0 unspecified atom stereocenters. The van der Waals surface area contributed by atoms with Crippen molar-refractivity contribution in [1.29, 1.82) is 0 Å². The molecule has 2 amide bonds. The zero-order valence-corrected chi connectivity index (χ0v) is 20.2. The van der Waals surface area contributed by atoms with Crippen LogP contribution in [0, 0.1) is 0 Å². The van der Waals surface area contributed by atoms with Gasteiger partial charge in [0.25, 0.3) is 11.5 Å². The van der Waals surface area contributed by atoms with Gasteiger partial charge in [-0.05, 0) is 63.0 Å². The molecular weight excluding hydrogens is 464 g/mol. The number of carbonyl (C=O) groups is 2. The summed E-state index contributed by atoms with van der Waals surface area (Å²) in [5.41, 5.74) is 8.19. The molecule has 7 nitrogen and oxygen atoms in total. The number of primary amides is 1. The number of nitrogens with one attached hydrogen (secondary N) is 1. The molecule has 3 aromatic heterocycles. The smallest absolute Gasteiger partial charge is 0.263 e. The fraction of sp³-hybridized carbons (Fsp3) is 0.455. The number of hydrogen-bond donors (Lipinski definition) is 2. The Balaban J connectivity index is 1.38. The average molecular weight is 489 g/mol. The molecule has 0 aromatic carbocycles. The van der Waals surface area contributed by atoms with Crippen LogP contribution in [0.3, 0.4) is 0 Å². The van der Waals surface area contributed by atoms with Gasteiger partial charge in [0, 0.05) is 16.3 Å². The number of nitrogens with zero attached hydrogens (tertiary/aromatic N) is 2. The molecule has 3 aromatic rings. The van der Waals surface area contributed by atoms with Crippen molar-refractivity contribution in [3.8, 4) is 0 Å². The van der Waals surface area contributed by atoms with Gasteiger partial charge in [0.1, 0.15) is 9.83 Å². The summed E-state index contributed by atoms with van der Waals surface area (Å²) in [6.45, 7) is 2.42. The number of carbonyl (C=O) groups excluding carboxylic acids is 2. The van der Waals surface area contributed by atoms with Gasteiger partial charge in [0.15, 0.2) is 5.16 Å². The van der Waals surface area contributed by atoms with Gasteiger partial charge in [0.2, 0.25) is 5.91 Å². The number of hydrogen-bond acceptors (Lipinski definition) is 7. The molecule has 32 heavy (non-hydrogen) atoms. The Kier molecular flexibility index (Phi) is 5.85. The van der Waals surface area contributed by atoms with Crippen LogP contribution in [0.1, 0.15) is 57.4 Å². The van der Waals surface area contributed by atoms with Crippen LogP contribution >= 0.6 is 34.4 Å². The first-order valence-electron chi connectivity index (χ1n) is 10.9. The van der Waals surface area contributed by atoms with E-state index in [4.69, 9.17) is 10.7 Å². The van der Waals surface area contributed by atoms with Crippen LogP contribution in [-0.4, -0.2) is 27.1 Å². The highest BCUT2D eigenvalue weighted by Crippen LogP contribution is 2.39. The lowest BCUT2D eigenvalue weighted by molar-refractivity contribution is -0.113. The molecule has 0 spiro atoms. The van der Waals surface area contributed by atoms with Crippen LogP contribution in [-0.2, 0) is 37.0 Å². The number of aryl methyl sites for hydroxylation is 3. The van der Waals surface area contributed by atoms with E-state index < -0.39 is 5.91 Å². The minimum absolute atomic E-state index is 0.00879. The van der Waals surface area contributed by atoms with Gasteiger partial charge in [-0.1, -0.05) is 11.8 Å². The summed E-state index contributed by atoms with van der Waals surface area (Å²) in [5, 5.41) is 4.72. The molecule has 0 saturated heterocycles. The topological polar surface area (TPSA) is 107 Å². The first-order valence-corrected chi connectivity index (χ1v) is 13.5. The number of rotatable bonds is 6. The van der Waals surface area contributed by atoms with Gasteiger partial charge < -0.3 is 11.1 Å². The van der Waals surface area contributed by atoms with E-state index in [2.05, 4.69) is 5.32 Å². The van der Waals surface area contributed by atoms with Gasteiger partial charge in [-0.2, -0.15) is 0 Å². The van der Waals surface area contributed by atoms with Gasteiger partial charge >= 0.3 is 0 Å². The second-order valence-electron chi connectivity index (χ2n) is 8.10. The van der Waals surface area contributed by atoms with Crippen LogP contribution < -0.4 is 16.6 Å². The third-order valence-electron chi connectivity index (χ3n) is 6.11. The van der Waals surface area contributed by atoms with Crippen molar-refractivity contribution in [3.63, 3.8) is 0 Å². The molecule has 2 aliphatic carbocycles. The first-order chi connectivity index (χ1) is 15.5. The van der Waals surface area contributed by atoms with Crippen LogP contribution in [0.15, 0.2) is 9.95 Å². The molecule has 0 aliphatic heterocycles. The number of nitrogens with two attached hydrogens (primary N) is 1. The van der Waals surface area contributed by atoms with Crippen LogP contribution in [0.5, 0.6) is 0 Å². The summed E-state index contributed by atoms with van der Waals surface area (Å²) in [6, 6.07) is 0. The normalized spacial score (nSPS) is 15.0. The van der Waals surface area contributed by atoms with E-state index in [9.17, 15) is 14.4 Å². The molecule has 0 saturated carbocycles. The summed E-state index contributed by atoms with van der Waals surface area (Å²) >= 11 is 4.31. The zero-order chi connectivity index (χ0) is 22.4. The minimum Gasteiger partial charge on any atom is -0.365 e. The van der Waals surface area contributed by atoms with E-state index in [1.807, 2.05) is 6.92 Å². The van der Waals surface area contributed by atoms with Crippen molar-refractivity contribution in [3.05, 3.63) is 36.8 Å². The Morgan fingerprint density at radius 2 is 1.81 bits per heavy atom. The molecule has 0 radical (unpaired) electrons. The SMILES string of the molecule is CCn1c(SCC(=O)Nc2sc3c(c2C(N)=O)CCC3)nc2sc3c(c2c1=O)CCCC3. The molecular formula is C22H24N4O3S3. The summed E-state index contributed by atoms with van der Waals surface area (Å²) in [5.74, 6) is -0.634. The molecule has 0 atom stereocenters. The van der Waals surface area contributed by atoms with E-state index in [-0.39, 0.29) is 17.2 Å². The monoisotopic (exact) mass is 488 g/mol. The number of fused-ring (bicyclic) bond motifs is 4. The van der Waals surface area contributed by atoms with Gasteiger partial charge in [-0.15, -0.1) is 22.7 Å². The maximum Gasteiger partial charge on any atom is 0.263 e. The highest BCUT2D eigenvalue weighted by Gasteiger charge is 2.26. The molecule has 5 rings (SSSR count). The van der Waals surface area contributed by atoms with E-state index >= 15 is 0 Å². The minimum atomic E-state index is -0.499. The largest absolute Gasteiger partial charge is 0.365 e. The Morgan fingerprint density at radius 3 is 2.59 bits per heavy atom. The van der Waals surface area contributed by atoms with Crippen molar-refractivity contribution in [1.82, 2.24) is 9.55 Å². The van der Waals surface area contributed by atoms with Crippen molar-refractivity contribution in [2.24, 2.45) is 5.73 Å². The number of thioether (sulfide) groups is 1. The van der Waals surface area contributed by atoms with Gasteiger partial charge in [-0.25, -0.2) is 4.98 Å².